The number of rotatable bonds is 5. The van der Waals surface area contributed by atoms with E-state index in [2.05, 4.69) is 5.32 Å². The molecule has 0 aliphatic heterocycles. The lowest BCUT2D eigenvalue weighted by Crippen LogP contribution is -2.34. The molecular formula is C15H23NO2. The Kier molecular flexibility index (Phi) is 4.25. The molecule has 0 radical (unpaired) electrons. The molecule has 0 spiro atoms. The van der Waals surface area contributed by atoms with Crippen molar-refractivity contribution < 1.29 is 9.84 Å². The number of likely N-dealkylation sites (N-methyl/N-ethyl adjacent to an activating group) is 1. The molecule has 18 heavy (non-hydrogen) atoms. The zero-order valence-electron chi connectivity index (χ0n) is 11.3. The first-order chi connectivity index (χ1) is 8.63. The van der Waals surface area contributed by atoms with Crippen LogP contribution < -0.4 is 10.1 Å². The van der Waals surface area contributed by atoms with E-state index in [4.69, 9.17) is 4.74 Å². The number of ether oxygens (including phenoxy) is 1. The first-order valence-electron chi connectivity index (χ1n) is 6.76. The molecule has 3 nitrogen and oxygen atoms in total. The van der Waals surface area contributed by atoms with Crippen LogP contribution in [0.4, 0.5) is 0 Å². The summed E-state index contributed by atoms with van der Waals surface area (Å²) in [6, 6.07) is 7.81. The SMILES string of the molecule is CNCC(C)(O)c1ccccc1OC1CCCC1. The van der Waals surface area contributed by atoms with Crippen LogP contribution in [0, 0.1) is 0 Å². The highest BCUT2D eigenvalue weighted by molar-refractivity contribution is 5.38. The van der Waals surface area contributed by atoms with Crippen LogP contribution in [0.25, 0.3) is 0 Å². The van der Waals surface area contributed by atoms with E-state index in [-0.39, 0.29) is 0 Å². The van der Waals surface area contributed by atoms with E-state index in [0.717, 1.165) is 24.2 Å². The van der Waals surface area contributed by atoms with Crippen LogP contribution >= 0.6 is 0 Å². The molecule has 1 saturated carbocycles. The third-order valence-corrected chi connectivity index (χ3v) is 3.58. The van der Waals surface area contributed by atoms with Gasteiger partial charge in [-0.3, -0.25) is 0 Å². The fourth-order valence-corrected chi connectivity index (χ4v) is 2.64. The Balaban J connectivity index is 2.19. The maximum atomic E-state index is 10.5. The normalized spacial score (nSPS) is 19.7. The fourth-order valence-electron chi connectivity index (χ4n) is 2.64. The lowest BCUT2D eigenvalue weighted by atomic mass is 9.95. The molecule has 100 valence electrons. The third kappa shape index (κ3) is 3.03. The summed E-state index contributed by atoms with van der Waals surface area (Å²) < 4.78 is 6.05. The molecule has 2 rings (SSSR count). The Hall–Kier alpha value is -1.06. The fraction of sp³-hybridized carbons (Fsp3) is 0.600. The summed E-state index contributed by atoms with van der Waals surface area (Å²) in [7, 11) is 1.84. The third-order valence-electron chi connectivity index (χ3n) is 3.58. The second-order valence-corrected chi connectivity index (χ2v) is 5.32. The highest BCUT2D eigenvalue weighted by atomic mass is 16.5. The van der Waals surface area contributed by atoms with Crippen molar-refractivity contribution in [3.8, 4) is 5.75 Å². The monoisotopic (exact) mass is 249 g/mol. The lowest BCUT2D eigenvalue weighted by molar-refractivity contribution is 0.0538. The van der Waals surface area contributed by atoms with E-state index in [1.807, 2.05) is 38.2 Å². The van der Waals surface area contributed by atoms with E-state index in [9.17, 15) is 5.11 Å². The van der Waals surface area contributed by atoms with Gasteiger partial charge in [0.15, 0.2) is 0 Å². The molecule has 1 fully saturated rings. The predicted octanol–water partition coefficient (Wildman–Crippen LogP) is 2.43. The Morgan fingerprint density at radius 3 is 2.67 bits per heavy atom. The summed E-state index contributed by atoms with van der Waals surface area (Å²) in [6.45, 7) is 2.33. The van der Waals surface area contributed by atoms with Gasteiger partial charge in [-0.15, -0.1) is 0 Å². The van der Waals surface area contributed by atoms with Crippen molar-refractivity contribution in [2.45, 2.75) is 44.3 Å². The average Bonchev–Trinajstić information content (AvgIpc) is 2.82. The molecule has 0 aromatic heterocycles. The predicted molar refractivity (Wildman–Crippen MR) is 72.8 cm³/mol. The summed E-state index contributed by atoms with van der Waals surface area (Å²) in [5.41, 5.74) is -0.0320. The van der Waals surface area contributed by atoms with Gasteiger partial charge < -0.3 is 15.2 Å². The highest BCUT2D eigenvalue weighted by Crippen LogP contribution is 2.32. The zero-order valence-corrected chi connectivity index (χ0v) is 11.3. The number of benzene rings is 1. The van der Waals surface area contributed by atoms with Crippen molar-refractivity contribution in [3.05, 3.63) is 29.8 Å². The van der Waals surface area contributed by atoms with E-state index in [1.54, 1.807) is 0 Å². The number of hydrogen-bond acceptors (Lipinski definition) is 3. The van der Waals surface area contributed by atoms with Crippen molar-refractivity contribution >= 4 is 0 Å². The molecule has 2 N–H and O–H groups in total. The summed E-state index contributed by atoms with van der Waals surface area (Å²) in [5, 5.41) is 13.5. The van der Waals surface area contributed by atoms with Crippen molar-refractivity contribution in [1.29, 1.82) is 0 Å². The van der Waals surface area contributed by atoms with Gasteiger partial charge in [0.05, 0.1) is 6.10 Å². The molecular weight excluding hydrogens is 226 g/mol. The summed E-state index contributed by atoms with van der Waals surface area (Å²) in [4.78, 5) is 0. The molecule has 0 saturated heterocycles. The van der Waals surface area contributed by atoms with E-state index in [1.165, 1.54) is 12.8 Å². The Bertz CT molecular complexity index is 384. The molecule has 1 aromatic rings. The first-order valence-corrected chi connectivity index (χ1v) is 6.76. The summed E-state index contributed by atoms with van der Waals surface area (Å²) >= 11 is 0. The van der Waals surface area contributed by atoms with Gasteiger partial charge in [0.1, 0.15) is 11.4 Å². The molecule has 1 atom stereocenters. The molecule has 0 heterocycles. The van der Waals surface area contributed by atoms with Gasteiger partial charge in [0, 0.05) is 12.1 Å². The van der Waals surface area contributed by atoms with Crippen LogP contribution in [-0.4, -0.2) is 24.8 Å². The van der Waals surface area contributed by atoms with E-state index < -0.39 is 5.60 Å². The Morgan fingerprint density at radius 1 is 1.33 bits per heavy atom. The Labute approximate surface area is 109 Å². The zero-order chi connectivity index (χ0) is 13.0. The van der Waals surface area contributed by atoms with Crippen molar-refractivity contribution in [3.63, 3.8) is 0 Å². The number of nitrogens with one attached hydrogen (secondary N) is 1. The van der Waals surface area contributed by atoms with E-state index >= 15 is 0 Å². The van der Waals surface area contributed by atoms with Crippen LogP contribution in [0.2, 0.25) is 0 Å². The molecule has 1 aliphatic carbocycles. The van der Waals surface area contributed by atoms with Gasteiger partial charge in [0.2, 0.25) is 0 Å². The van der Waals surface area contributed by atoms with Crippen LogP contribution in [0.3, 0.4) is 0 Å². The molecule has 1 unspecified atom stereocenters. The number of hydrogen-bond donors (Lipinski definition) is 2. The average molecular weight is 249 g/mol. The van der Waals surface area contributed by atoms with Gasteiger partial charge in [-0.05, 0) is 45.7 Å². The number of aliphatic hydroxyl groups is 1. The summed E-state index contributed by atoms with van der Waals surface area (Å²) in [5.74, 6) is 0.824. The smallest absolute Gasteiger partial charge is 0.125 e. The van der Waals surface area contributed by atoms with Gasteiger partial charge in [-0.2, -0.15) is 0 Å². The second kappa shape index (κ2) is 5.72. The highest BCUT2D eigenvalue weighted by Gasteiger charge is 2.27. The topological polar surface area (TPSA) is 41.5 Å². The van der Waals surface area contributed by atoms with Gasteiger partial charge in [0.25, 0.3) is 0 Å². The molecule has 0 amide bonds. The van der Waals surface area contributed by atoms with Gasteiger partial charge in [-0.25, -0.2) is 0 Å². The van der Waals surface area contributed by atoms with Crippen molar-refractivity contribution in [1.82, 2.24) is 5.32 Å². The van der Waals surface area contributed by atoms with E-state index in [0.29, 0.717) is 12.6 Å². The Morgan fingerprint density at radius 2 is 2.00 bits per heavy atom. The molecule has 1 aromatic carbocycles. The minimum Gasteiger partial charge on any atom is -0.490 e. The lowest BCUT2D eigenvalue weighted by Gasteiger charge is -2.27. The minimum atomic E-state index is -0.899. The van der Waals surface area contributed by atoms with Crippen LogP contribution in [0.15, 0.2) is 24.3 Å². The van der Waals surface area contributed by atoms with Crippen LogP contribution in [0.1, 0.15) is 38.2 Å². The molecule has 1 aliphatic rings. The minimum absolute atomic E-state index is 0.316. The van der Waals surface area contributed by atoms with Gasteiger partial charge >= 0.3 is 0 Å². The largest absolute Gasteiger partial charge is 0.490 e. The van der Waals surface area contributed by atoms with Crippen molar-refractivity contribution in [2.75, 3.05) is 13.6 Å². The maximum Gasteiger partial charge on any atom is 0.125 e. The van der Waals surface area contributed by atoms with Crippen LogP contribution in [-0.2, 0) is 5.60 Å². The standard InChI is InChI=1S/C15H23NO2/c1-15(17,11-16-2)13-9-5-6-10-14(13)18-12-7-3-4-8-12/h5-6,9-10,12,16-17H,3-4,7-8,11H2,1-2H3. The first kappa shape index (κ1) is 13.4. The number of para-hydroxylation sites is 1. The maximum absolute atomic E-state index is 10.5. The van der Waals surface area contributed by atoms with Crippen molar-refractivity contribution in [2.24, 2.45) is 0 Å². The molecule has 0 bridgehead atoms. The second-order valence-electron chi connectivity index (χ2n) is 5.32. The molecule has 3 heteroatoms. The van der Waals surface area contributed by atoms with Crippen LogP contribution in [0.5, 0.6) is 5.75 Å². The summed E-state index contributed by atoms with van der Waals surface area (Å²) in [6.07, 6.45) is 5.07. The quantitative estimate of drug-likeness (QED) is 0.842. The van der Waals surface area contributed by atoms with Gasteiger partial charge in [-0.1, -0.05) is 18.2 Å².